The Balaban J connectivity index is 1.84. The van der Waals surface area contributed by atoms with E-state index in [4.69, 9.17) is 4.74 Å². The van der Waals surface area contributed by atoms with Crippen molar-refractivity contribution in [2.24, 2.45) is 0 Å². The molecule has 1 amide bonds. The first-order valence-electron chi connectivity index (χ1n) is 7.69. The SMILES string of the molecule is C=CC[NH+](CC(=O)NCc1ccc(OC)cc1)Cc1ccc(Br)s1. The van der Waals surface area contributed by atoms with Crippen LogP contribution in [0.4, 0.5) is 0 Å². The molecule has 0 aliphatic heterocycles. The molecule has 0 saturated heterocycles. The van der Waals surface area contributed by atoms with Gasteiger partial charge in [0.15, 0.2) is 6.54 Å². The van der Waals surface area contributed by atoms with Gasteiger partial charge in [0.2, 0.25) is 0 Å². The first-order chi connectivity index (χ1) is 11.6. The smallest absolute Gasteiger partial charge is 0.275 e. The molecule has 0 aliphatic carbocycles. The lowest BCUT2D eigenvalue weighted by atomic mass is 10.2. The summed E-state index contributed by atoms with van der Waals surface area (Å²) < 4.78 is 6.24. The van der Waals surface area contributed by atoms with E-state index < -0.39 is 0 Å². The molecule has 128 valence electrons. The summed E-state index contributed by atoms with van der Waals surface area (Å²) in [6, 6.07) is 11.8. The van der Waals surface area contributed by atoms with E-state index in [0.29, 0.717) is 13.1 Å². The van der Waals surface area contributed by atoms with E-state index in [0.717, 1.165) is 28.2 Å². The summed E-state index contributed by atoms with van der Waals surface area (Å²) in [4.78, 5) is 14.6. The number of halogens is 1. The lowest BCUT2D eigenvalue weighted by Gasteiger charge is -2.16. The minimum Gasteiger partial charge on any atom is -0.497 e. The molecule has 1 atom stereocenters. The number of hydrogen-bond donors (Lipinski definition) is 2. The van der Waals surface area contributed by atoms with E-state index >= 15 is 0 Å². The topological polar surface area (TPSA) is 42.8 Å². The number of carbonyl (C=O) groups excluding carboxylic acids is 1. The maximum Gasteiger partial charge on any atom is 0.275 e. The molecule has 0 spiro atoms. The number of thiophene rings is 1. The molecule has 4 nitrogen and oxygen atoms in total. The van der Waals surface area contributed by atoms with Crippen molar-refractivity contribution in [2.75, 3.05) is 20.2 Å². The normalized spacial score (nSPS) is 11.8. The highest BCUT2D eigenvalue weighted by Gasteiger charge is 2.14. The van der Waals surface area contributed by atoms with Crippen LogP contribution in [0.1, 0.15) is 10.4 Å². The summed E-state index contributed by atoms with van der Waals surface area (Å²) >= 11 is 5.17. The minimum absolute atomic E-state index is 0.0401. The Hall–Kier alpha value is -1.63. The van der Waals surface area contributed by atoms with Gasteiger partial charge in [-0.25, -0.2) is 0 Å². The monoisotopic (exact) mass is 409 g/mol. The molecule has 0 fully saturated rings. The van der Waals surface area contributed by atoms with E-state index in [1.54, 1.807) is 18.4 Å². The molecule has 0 saturated carbocycles. The standard InChI is InChI=1S/C18H21BrN2O2S/c1-3-10-21(12-16-8-9-17(19)24-16)13-18(22)20-11-14-4-6-15(23-2)7-5-14/h3-9H,1,10-13H2,2H3,(H,20,22)/p+1. The van der Waals surface area contributed by atoms with E-state index in [-0.39, 0.29) is 5.91 Å². The van der Waals surface area contributed by atoms with Crippen molar-refractivity contribution in [1.29, 1.82) is 0 Å². The average molecular weight is 410 g/mol. The fraction of sp³-hybridized carbons (Fsp3) is 0.278. The van der Waals surface area contributed by atoms with Crippen molar-refractivity contribution in [1.82, 2.24) is 5.32 Å². The third-order valence-corrected chi connectivity index (χ3v) is 5.17. The van der Waals surface area contributed by atoms with Gasteiger partial charge in [-0.05, 0) is 51.8 Å². The van der Waals surface area contributed by atoms with Crippen LogP contribution >= 0.6 is 27.3 Å². The molecule has 24 heavy (non-hydrogen) atoms. The molecule has 1 aromatic heterocycles. The zero-order valence-corrected chi connectivity index (χ0v) is 16.1. The molecule has 1 unspecified atom stereocenters. The predicted octanol–water partition coefficient (Wildman–Crippen LogP) is 2.41. The summed E-state index contributed by atoms with van der Waals surface area (Å²) in [7, 11) is 1.64. The summed E-state index contributed by atoms with van der Waals surface area (Å²) in [5, 5.41) is 2.98. The second kappa shape index (κ2) is 9.61. The van der Waals surface area contributed by atoms with E-state index in [2.05, 4.69) is 33.9 Å². The van der Waals surface area contributed by atoms with Crippen LogP contribution in [0.25, 0.3) is 0 Å². The lowest BCUT2D eigenvalue weighted by molar-refractivity contribution is -0.899. The number of benzene rings is 1. The molecule has 6 heteroatoms. The molecular weight excluding hydrogens is 388 g/mol. The largest absolute Gasteiger partial charge is 0.497 e. The van der Waals surface area contributed by atoms with Gasteiger partial charge in [-0.2, -0.15) is 0 Å². The van der Waals surface area contributed by atoms with Gasteiger partial charge in [0, 0.05) is 6.54 Å². The molecule has 2 rings (SSSR count). The van der Waals surface area contributed by atoms with Crippen LogP contribution in [0.3, 0.4) is 0 Å². The Labute approximate surface area is 155 Å². The quantitative estimate of drug-likeness (QED) is 0.624. The first-order valence-corrected chi connectivity index (χ1v) is 9.30. The van der Waals surface area contributed by atoms with Crippen molar-refractivity contribution in [3.05, 3.63) is 63.3 Å². The first kappa shape index (κ1) is 18.7. The second-order valence-corrected chi connectivity index (χ2v) is 7.97. The summed E-state index contributed by atoms with van der Waals surface area (Å²) in [5.74, 6) is 0.854. The maximum atomic E-state index is 12.2. The Morgan fingerprint density at radius 1 is 1.33 bits per heavy atom. The van der Waals surface area contributed by atoms with Crippen LogP contribution in [-0.2, 0) is 17.9 Å². The highest BCUT2D eigenvalue weighted by molar-refractivity contribution is 9.11. The zero-order valence-electron chi connectivity index (χ0n) is 13.7. The van der Waals surface area contributed by atoms with Crippen molar-refractivity contribution >= 4 is 33.2 Å². The van der Waals surface area contributed by atoms with Gasteiger partial charge in [-0.3, -0.25) is 4.79 Å². The van der Waals surface area contributed by atoms with Crippen LogP contribution in [0, 0.1) is 0 Å². The van der Waals surface area contributed by atoms with Gasteiger partial charge in [0.25, 0.3) is 5.91 Å². The van der Waals surface area contributed by atoms with Crippen LogP contribution < -0.4 is 15.0 Å². The number of rotatable bonds is 9. The third-order valence-electron chi connectivity index (χ3n) is 3.55. The van der Waals surface area contributed by atoms with Gasteiger partial charge in [-0.15, -0.1) is 11.3 Å². The average Bonchev–Trinajstić information content (AvgIpc) is 2.98. The Morgan fingerprint density at radius 2 is 2.08 bits per heavy atom. The van der Waals surface area contributed by atoms with Gasteiger partial charge in [-0.1, -0.05) is 18.7 Å². The van der Waals surface area contributed by atoms with Crippen LogP contribution in [-0.4, -0.2) is 26.1 Å². The Bertz CT molecular complexity index is 670. The fourth-order valence-corrected chi connectivity index (χ4v) is 3.89. The number of carbonyl (C=O) groups is 1. The molecule has 0 bridgehead atoms. The molecular formula is C18H22BrN2O2S+. The van der Waals surface area contributed by atoms with Crippen molar-refractivity contribution in [3.8, 4) is 5.75 Å². The van der Waals surface area contributed by atoms with Crippen LogP contribution in [0.15, 0.2) is 52.8 Å². The van der Waals surface area contributed by atoms with Gasteiger partial charge in [0.05, 0.1) is 22.3 Å². The van der Waals surface area contributed by atoms with Crippen LogP contribution in [0.2, 0.25) is 0 Å². The van der Waals surface area contributed by atoms with E-state index in [1.807, 2.05) is 36.4 Å². The van der Waals surface area contributed by atoms with Gasteiger partial charge < -0.3 is 15.0 Å². The van der Waals surface area contributed by atoms with E-state index in [1.165, 1.54) is 9.78 Å². The fourth-order valence-electron chi connectivity index (χ4n) is 2.34. The van der Waals surface area contributed by atoms with Crippen molar-refractivity contribution in [2.45, 2.75) is 13.1 Å². The van der Waals surface area contributed by atoms with Gasteiger partial charge in [0.1, 0.15) is 12.3 Å². The molecule has 1 heterocycles. The number of hydrogen-bond acceptors (Lipinski definition) is 3. The number of methoxy groups -OCH3 is 1. The number of amides is 1. The maximum absolute atomic E-state index is 12.2. The highest BCUT2D eigenvalue weighted by atomic mass is 79.9. The summed E-state index contributed by atoms with van der Waals surface area (Å²) in [6.07, 6.45) is 1.86. The summed E-state index contributed by atoms with van der Waals surface area (Å²) in [5.41, 5.74) is 1.05. The second-order valence-electron chi connectivity index (χ2n) is 5.43. The third kappa shape index (κ3) is 6.11. The molecule has 0 radical (unpaired) electrons. The lowest BCUT2D eigenvalue weighted by Crippen LogP contribution is -3.11. The number of quaternary nitrogens is 1. The Morgan fingerprint density at radius 3 is 2.67 bits per heavy atom. The highest BCUT2D eigenvalue weighted by Crippen LogP contribution is 2.21. The summed E-state index contributed by atoms with van der Waals surface area (Å²) in [6.45, 7) is 6.32. The van der Waals surface area contributed by atoms with Crippen molar-refractivity contribution < 1.29 is 14.4 Å². The van der Waals surface area contributed by atoms with Crippen LogP contribution in [0.5, 0.6) is 5.75 Å². The van der Waals surface area contributed by atoms with Gasteiger partial charge >= 0.3 is 0 Å². The minimum atomic E-state index is 0.0401. The molecule has 2 N–H and O–H groups in total. The number of nitrogens with one attached hydrogen (secondary N) is 2. The molecule has 0 aliphatic rings. The van der Waals surface area contributed by atoms with Crippen molar-refractivity contribution in [3.63, 3.8) is 0 Å². The molecule has 1 aromatic carbocycles. The zero-order chi connectivity index (χ0) is 17.4. The molecule has 2 aromatic rings. The number of ether oxygens (including phenoxy) is 1. The van der Waals surface area contributed by atoms with E-state index in [9.17, 15) is 4.79 Å². The predicted molar refractivity (Wildman–Crippen MR) is 101 cm³/mol. The Kier molecular flexibility index (Phi) is 7.49.